The van der Waals surface area contributed by atoms with E-state index in [2.05, 4.69) is 5.32 Å². The van der Waals surface area contributed by atoms with E-state index in [1.54, 1.807) is 24.3 Å². The average Bonchev–Trinajstić information content (AvgIpc) is 2.79. The van der Waals surface area contributed by atoms with Crippen LogP contribution in [0.5, 0.6) is 5.75 Å². The molecule has 1 N–H and O–H groups in total. The SMILES string of the molecule is C[C@H](NC(=O)CN1C(=O)/C(=C/c2c(F)cccc2Cl)Oc2ccccc21)c1ccccc1. The van der Waals surface area contributed by atoms with Crippen LogP contribution in [0.15, 0.2) is 78.6 Å². The zero-order valence-corrected chi connectivity index (χ0v) is 18.0. The Hall–Kier alpha value is -3.64. The number of fused-ring (bicyclic) bond motifs is 1. The molecular weight excluding hydrogens is 431 g/mol. The third-order valence-electron chi connectivity index (χ3n) is 5.09. The Kier molecular flexibility index (Phi) is 6.23. The number of carbonyl (C=O) groups is 2. The van der Waals surface area contributed by atoms with E-state index in [0.29, 0.717) is 11.4 Å². The number of halogens is 2. The predicted molar refractivity (Wildman–Crippen MR) is 122 cm³/mol. The molecule has 1 atom stereocenters. The molecule has 0 spiro atoms. The van der Waals surface area contributed by atoms with Crippen molar-refractivity contribution in [3.05, 3.63) is 101 Å². The molecule has 7 heteroatoms. The van der Waals surface area contributed by atoms with Gasteiger partial charge in [-0.25, -0.2) is 4.39 Å². The van der Waals surface area contributed by atoms with Gasteiger partial charge in [0.05, 0.1) is 16.8 Å². The van der Waals surface area contributed by atoms with E-state index >= 15 is 0 Å². The van der Waals surface area contributed by atoms with Gasteiger partial charge in [0, 0.05) is 5.56 Å². The van der Waals surface area contributed by atoms with Crippen molar-refractivity contribution in [3.8, 4) is 5.75 Å². The number of hydrogen-bond acceptors (Lipinski definition) is 3. The Morgan fingerprint density at radius 3 is 2.56 bits per heavy atom. The fraction of sp³-hybridized carbons (Fsp3) is 0.120. The second kappa shape index (κ2) is 9.24. The molecule has 32 heavy (non-hydrogen) atoms. The molecule has 0 bridgehead atoms. The first-order valence-corrected chi connectivity index (χ1v) is 10.4. The van der Waals surface area contributed by atoms with Crippen LogP contribution >= 0.6 is 11.6 Å². The first-order chi connectivity index (χ1) is 15.4. The van der Waals surface area contributed by atoms with Gasteiger partial charge in [0.2, 0.25) is 5.91 Å². The van der Waals surface area contributed by atoms with E-state index < -0.39 is 11.7 Å². The van der Waals surface area contributed by atoms with Gasteiger partial charge in [0.15, 0.2) is 11.5 Å². The molecule has 5 nitrogen and oxygen atoms in total. The highest BCUT2D eigenvalue weighted by Crippen LogP contribution is 2.36. The maximum atomic E-state index is 14.3. The smallest absolute Gasteiger partial charge is 0.294 e. The number of anilines is 1. The number of nitrogens with zero attached hydrogens (tertiary/aromatic N) is 1. The molecule has 3 aromatic rings. The lowest BCUT2D eigenvalue weighted by Gasteiger charge is -2.30. The fourth-order valence-corrected chi connectivity index (χ4v) is 3.67. The van der Waals surface area contributed by atoms with Crippen molar-refractivity contribution in [1.82, 2.24) is 5.32 Å². The van der Waals surface area contributed by atoms with Crippen LogP contribution in [0.1, 0.15) is 24.1 Å². The Bertz CT molecular complexity index is 1180. The fourth-order valence-electron chi connectivity index (χ4n) is 3.45. The highest BCUT2D eigenvalue weighted by atomic mass is 35.5. The maximum absolute atomic E-state index is 14.3. The predicted octanol–water partition coefficient (Wildman–Crippen LogP) is 5.12. The first-order valence-electron chi connectivity index (χ1n) is 10.0. The van der Waals surface area contributed by atoms with Crippen molar-refractivity contribution >= 4 is 35.2 Å². The van der Waals surface area contributed by atoms with Crippen LogP contribution in [-0.4, -0.2) is 18.4 Å². The van der Waals surface area contributed by atoms with Crippen molar-refractivity contribution in [2.75, 3.05) is 11.4 Å². The van der Waals surface area contributed by atoms with Crippen LogP contribution in [0, 0.1) is 5.82 Å². The van der Waals surface area contributed by atoms with Crippen molar-refractivity contribution in [2.24, 2.45) is 0 Å². The Balaban J connectivity index is 1.61. The van der Waals surface area contributed by atoms with Gasteiger partial charge in [0.25, 0.3) is 5.91 Å². The molecule has 0 saturated carbocycles. The second-order valence-corrected chi connectivity index (χ2v) is 7.71. The summed E-state index contributed by atoms with van der Waals surface area (Å²) in [6, 6.07) is 20.4. The number of nitrogens with one attached hydrogen (secondary N) is 1. The van der Waals surface area contributed by atoms with Crippen molar-refractivity contribution in [2.45, 2.75) is 13.0 Å². The second-order valence-electron chi connectivity index (χ2n) is 7.30. The number of hydrogen-bond donors (Lipinski definition) is 1. The molecule has 0 unspecified atom stereocenters. The molecule has 2 amide bonds. The third-order valence-corrected chi connectivity index (χ3v) is 5.42. The number of carbonyl (C=O) groups excluding carboxylic acids is 2. The molecule has 1 aliphatic heterocycles. The lowest BCUT2D eigenvalue weighted by Crippen LogP contribution is -2.44. The maximum Gasteiger partial charge on any atom is 0.294 e. The molecule has 4 rings (SSSR count). The number of para-hydroxylation sites is 2. The summed E-state index contributed by atoms with van der Waals surface area (Å²) in [7, 11) is 0. The third kappa shape index (κ3) is 4.50. The summed E-state index contributed by atoms with van der Waals surface area (Å²) in [4.78, 5) is 27.3. The standard InChI is InChI=1S/C25H20ClFN2O3/c1-16(17-8-3-2-4-9-17)28-24(30)15-29-21-12-5-6-13-22(21)32-23(25(29)31)14-18-19(26)10-7-11-20(18)27/h2-14,16H,15H2,1H3,(H,28,30)/b23-14-/t16-/m0/s1. The number of amides is 2. The van der Waals surface area contributed by atoms with Gasteiger partial charge >= 0.3 is 0 Å². The Labute approximate surface area is 190 Å². The van der Waals surface area contributed by atoms with Gasteiger partial charge in [-0.2, -0.15) is 0 Å². The van der Waals surface area contributed by atoms with E-state index in [-0.39, 0.29) is 34.8 Å². The summed E-state index contributed by atoms with van der Waals surface area (Å²) in [6.07, 6.45) is 1.26. The molecule has 0 aromatic heterocycles. The lowest BCUT2D eigenvalue weighted by atomic mass is 10.1. The number of rotatable bonds is 5. The molecular formula is C25H20ClFN2O3. The number of benzene rings is 3. The van der Waals surface area contributed by atoms with Gasteiger partial charge < -0.3 is 10.1 Å². The molecule has 0 saturated heterocycles. The van der Waals surface area contributed by atoms with Gasteiger partial charge in [-0.05, 0) is 42.8 Å². The zero-order valence-electron chi connectivity index (χ0n) is 17.2. The molecule has 1 aliphatic rings. The summed E-state index contributed by atoms with van der Waals surface area (Å²) in [5.41, 5.74) is 1.44. The Morgan fingerprint density at radius 1 is 1.09 bits per heavy atom. The largest absolute Gasteiger partial charge is 0.449 e. The summed E-state index contributed by atoms with van der Waals surface area (Å²) < 4.78 is 20.0. The molecule has 0 aliphatic carbocycles. The van der Waals surface area contributed by atoms with Crippen LogP contribution in [-0.2, 0) is 9.59 Å². The van der Waals surface area contributed by atoms with E-state index in [1.807, 2.05) is 37.3 Å². The Morgan fingerprint density at radius 2 is 1.81 bits per heavy atom. The lowest BCUT2D eigenvalue weighted by molar-refractivity contribution is -0.123. The van der Waals surface area contributed by atoms with Gasteiger partial charge in [-0.15, -0.1) is 0 Å². The molecule has 3 aromatic carbocycles. The summed E-state index contributed by atoms with van der Waals surface area (Å²) in [5, 5.41) is 3.05. The van der Waals surface area contributed by atoms with Gasteiger partial charge in [0.1, 0.15) is 12.4 Å². The topological polar surface area (TPSA) is 58.6 Å². The van der Waals surface area contributed by atoms with E-state index in [1.165, 1.54) is 29.2 Å². The number of ether oxygens (including phenoxy) is 1. The summed E-state index contributed by atoms with van der Waals surface area (Å²) in [6.45, 7) is 1.65. The summed E-state index contributed by atoms with van der Waals surface area (Å²) >= 11 is 6.10. The van der Waals surface area contributed by atoms with E-state index in [9.17, 15) is 14.0 Å². The van der Waals surface area contributed by atoms with Crippen LogP contribution in [0.4, 0.5) is 10.1 Å². The highest BCUT2D eigenvalue weighted by Gasteiger charge is 2.32. The molecule has 0 radical (unpaired) electrons. The quantitative estimate of drug-likeness (QED) is 0.549. The summed E-state index contributed by atoms with van der Waals surface area (Å²) in [5.74, 6) is -1.23. The monoisotopic (exact) mass is 450 g/mol. The van der Waals surface area contributed by atoms with Crippen LogP contribution in [0.3, 0.4) is 0 Å². The minimum Gasteiger partial charge on any atom is -0.449 e. The van der Waals surface area contributed by atoms with E-state index in [4.69, 9.17) is 16.3 Å². The zero-order chi connectivity index (χ0) is 22.7. The van der Waals surface area contributed by atoms with Crippen LogP contribution in [0.25, 0.3) is 6.08 Å². The van der Waals surface area contributed by atoms with Gasteiger partial charge in [-0.3, -0.25) is 14.5 Å². The molecule has 162 valence electrons. The van der Waals surface area contributed by atoms with Crippen LogP contribution in [0.2, 0.25) is 5.02 Å². The molecule has 0 fully saturated rings. The normalized spacial score (nSPS) is 15.2. The van der Waals surface area contributed by atoms with Crippen molar-refractivity contribution in [3.63, 3.8) is 0 Å². The van der Waals surface area contributed by atoms with Crippen LogP contribution < -0.4 is 15.0 Å². The molecule has 1 heterocycles. The highest BCUT2D eigenvalue weighted by molar-refractivity contribution is 6.32. The van der Waals surface area contributed by atoms with Crippen molar-refractivity contribution in [1.29, 1.82) is 0 Å². The average molecular weight is 451 g/mol. The minimum absolute atomic E-state index is 0.0407. The van der Waals surface area contributed by atoms with Gasteiger partial charge in [-0.1, -0.05) is 60.1 Å². The first kappa shape index (κ1) is 21.6. The van der Waals surface area contributed by atoms with E-state index in [0.717, 1.165) is 5.56 Å². The van der Waals surface area contributed by atoms with Crippen molar-refractivity contribution < 1.29 is 18.7 Å². The minimum atomic E-state index is -0.582.